The molecular weight excluding hydrogens is 202 g/mol. The summed E-state index contributed by atoms with van der Waals surface area (Å²) in [6, 6.07) is 1.67. The van der Waals surface area contributed by atoms with Crippen molar-refractivity contribution in [3.8, 4) is 0 Å². The minimum atomic E-state index is -0.323. The fraction of sp³-hybridized carbons (Fsp3) is 0.556. The summed E-state index contributed by atoms with van der Waals surface area (Å²) in [7, 11) is 1.68. The molecule has 1 aromatic rings. The highest BCUT2D eigenvalue weighted by Crippen LogP contribution is 2.28. The molecule has 0 aromatic carbocycles. The molecule has 1 aliphatic carbocycles. The number of hydrogen-bond acceptors (Lipinski definition) is 3. The predicted molar refractivity (Wildman–Crippen MR) is 55.7 cm³/mol. The molecule has 4 nitrogen and oxygen atoms in total. The molecule has 14 heavy (non-hydrogen) atoms. The molecule has 0 aliphatic heterocycles. The first-order valence-electron chi connectivity index (χ1n) is 4.64. The summed E-state index contributed by atoms with van der Waals surface area (Å²) in [6.07, 6.45) is 2.56. The Kier molecular flexibility index (Phi) is 2.46. The van der Waals surface area contributed by atoms with Gasteiger partial charge in [-0.05, 0) is 18.8 Å². The molecule has 1 fully saturated rings. The number of anilines is 1. The minimum Gasteiger partial charge on any atom is -0.371 e. The van der Waals surface area contributed by atoms with Gasteiger partial charge in [0.1, 0.15) is 11.0 Å². The lowest BCUT2D eigenvalue weighted by Crippen LogP contribution is -2.23. The second-order valence-electron chi connectivity index (χ2n) is 3.63. The fourth-order valence-corrected chi connectivity index (χ4v) is 1.43. The molecule has 0 saturated heterocycles. The molecule has 0 atom stereocenters. The van der Waals surface area contributed by atoms with E-state index < -0.39 is 0 Å². The number of nitrogens with zero attached hydrogens (tertiary/aromatic N) is 2. The van der Waals surface area contributed by atoms with Crippen LogP contribution in [0.25, 0.3) is 0 Å². The van der Waals surface area contributed by atoms with E-state index in [4.69, 9.17) is 11.6 Å². The number of hydrogen-bond donors (Lipinski definition) is 1. The van der Waals surface area contributed by atoms with Gasteiger partial charge in [-0.3, -0.25) is 4.57 Å². The number of aromatic nitrogens is 2. The van der Waals surface area contributed by atoms with Gasteiger partial charge in [-0.1, -0.05) is 11.6 Å². The normalized spacial score (nSPS) is 15.6. The van der Waals surface area contributed by atoms with Crippen LogP contribution in [-0.2, 0) is 7.05 Å². The van der Waals surface area contributed by atoms with Crippen LogP contribution in [0.5, 0.6) is 0 Å². The van der Waals surface area contributed by atoms with Crippen LogP contribution in [0, 0.1) is 5.92 Å². The Morgan fingerprint density at radius 3 is 3.07 bits per heavy atom. The van der Waals surface area contributed by atoms with Gasteiger partial charge in [0.05, 0.1) is 0 Å². The minimum absolute atomic E-state index is 0.242. The van der Waals surface area contributed by atoms with E-state index in [1.165, 1.54) is 17.4 Å². The van der Waals surface area contributed by atoms with Crippen molar-refractivity contribution in [1.29, 1.82) is 0 Å². The zero-order valence-electron chi connectivity index (χ0n) is 7.96. The van der Waals surface area contributed by atoms with Gasteiger partial charge in [-0.2, -0.15) is 4.98 Å². The van der Waals surface area contributed by atoms with Gasteiger partial charge in [0.25, 0.3) is 0 Å². The molecule has 1 aromatic heterocycles. The average molecular weight is 214 g/mol. The largest absolute Gasteiger partial charge is 0.371 e. The van der Waals surface area contributed by atoms with Gasteiger partial charge < -0.3 is 5.32 Å². The Morgan fingerprint density at radius 2 is 2.43 bits per heavy atom. The summed E-state index contributed by atoms with van der Waals surface area (Å²) in [5.41, 5.74) is -0.323. The van der Waals surface area contributed by atoms with E-state index in [1.807, 2.05) is 0 Å². The van der Waals surface area contributed by atoms with Gasteiger partial charge in [0, 0.05) is 19.7 Å². The maximum Gasteiger partial charge on any atom is 0.350 e. The summed E-state index contributed by atoms with van der Waals surface area (Å²) >= 11 is 5.69. The third-order valence-corrected chi connectivity index (χ3v) is 2.57. The van der Waals surface area contributed by atoms with Crippen LogP contribution in [0.4, 0.5) is 5.82 Å². The molecule has 1 heterocycles. The van der Waals surface area contributed by atoms with Gasteiger partial charge >= 0.3 is 5.69 Å². The van der Waals surface area contributed by atoms with Crippen LogP contribution in [0.2, 0.25) is 5.15 Å². The molecule has 0 bridgehead atoms. The van der Waals surface area contributed by atoms with Crippen LogP contribution in [0.1, 0.15) is 12.8 Å². The lowest BCUT2D eigenvalue weighted by atomic mass is 10.4. The zero-order chi connectivity index (χ0) is 10.1. The first-order chi connectivity index (χ1) is 6.66. The van der Waals surface area contributed by atoms with Crippen molar-refractivity contribution in [2.45, 2.75) is 12.8 Å². The summed E-state index contributed by atoms with van der Waals surface area (Å²) in [6.45, 7) is 0.910. The van der Waals surface area contributed by atoms with Crippen molar-refractivity contribution >= 4 is 17.4 Å². The van der Waals surface area contributed by atoms with Crippen molar-refractivity contribution in [1.82, 2.24) is 9.55 Å². The molecule has 0 spiro atoms. The lowest BCUT2D eigenvalue weighted by molar-refractivity contribution is 0.792. The molecule has 2 rings (SSSR count). The second kappa shape index (κ2) is 3.61. The van der Waals surface area contributed by atoms with E-state index in [1.54, 1.807) is 13.1 Å². The van der Waals surface area contributed by atoms with Crippen molar-refractivity contribution in [2.75, 3.05) is 11.9 Å². The fourth-order valence-electron chi connectivity index (χ4n) is 1.25. The van der Waals surface area contributed by atoms with Gasteiger partial charge in [-0.15, -0.1) is 0 Å². The van der Waals surface area contributed by atoms with Crippen LogP contribution in [-0.4, -0.2) is 16.1 Å². The summed E-state index contributed by atoms with van der Waals surface area (Å²) in [5.74, 6) is 1.50. The predicted octanol–water partition coefficient (Wildman–Crippen LogP) is 1.26. The molecule has 0 radical (unpaired) electrons. The van der Waals surface area contributed by atoms with E-state index in [2.05, 4.69) is 10.3 Å². The van der Waals surface area contributed by atoms with E-state index in [-0.39, 0.29) is 10.8 Å². The van der Waals surface area contributed by atoms with Crippen molar-refractivity contribution in [3.05, 3.63) is 21.7 Å². The molecule has 5 heteroatoms. The molecule has 0 amide bonds. The highest BCUT2D eigenvalue weighted by molar-refractivity contribution is 6.29. The molecule has 0 unspecified atom stereocenters. The van der Waals surface area contributed by atoms with Gasteiger partial charge in [0.15, 0.2) is 0 Å². The van der Waals surface area contributed by atoms with Crippen molar-refractivity contribution < 1.29 is 0 Å². The monoisotopic (exact) mass is 213 g/mol. The lowest BCUT2D eigenvalue weighted by Gasteiger charge is -2.09. The van der Waals surface area contributed by atoms with Crippen LogP contribution < -0.4 is 11.0 Å². The molecule has 76 valence electrons. The summed E-state index contributed by atoms with van der Waals surface area (Å²) in [4.78, 5) is 14.9. The van der Waals surface area contributed by atoms with Crippen LogP contribution in [0.15, 0.2) is 10.9 Å². The topological polar surface area (TPSA) is 46.9 Å². The van der Waals surface area contributed by atoms with Crippen molar-refractivity contribution in [3.63, 3.8) is 0 Å². The average Bonchev–Trinajstić information content (AvgIpc) is 2.92. The maximum absolute atomic E-state index is 11.2. The molecule has 1 N–H and O–H groups in total. The second-order valence-corrected chi connectivity index (χ2v) is 4.02. The smallest absolute Gasteiger partial charge is 0.350 e. The third kappa shape index (κ3) is 2.07. The number of halogens is 1. The van der Waals surface area contributed by atoms with E-state index >= 15 is 0 Å². The first-order valence-corrected chi connectivity index (χ1v) is 5.02. The van der Waals surface area contributed by atoms with E-state index in [9.17, 15) is 4.79 Å². The van der Waals surface area contributed by atoms with Crippen LogP contribution >= 0.6 is 11.6 Å². The zero-order valence-corrected chi connectivity index (χ0v) is 8.71. The maximum atomic E-state index is 11.2. The Bertz CT molecular complexity index is 398. The SMILES string of the molecule is Cn1c(NCC2CC2)cc(Cl)nc1=O. The third-order valence-electron chi connectivity index (χ3n) is 2.38. The van der Waals surface area contributed by atoms with E-state index in [0.29, 0.717) is 0 Å². The van der Waals surface area contributed by atoms with Crippen LogP contribution in [0.3, 0.4) is 0 Å². The van der Waals surface area contributed by atoms with E-state index in [0.717, 1.165) is 18.3 Å². The number of nitrogens with one attached hydrogen (secondary N) is 1. The summed E-state index contributed by atoms with van der Waals surface area (Å²) < 4.78 is 1.47. The standard InChI is InChI=1S/C9H12ClN3O/c1-13-8(11-5-6-2-3-6)4-7(10)12-9(13)14/h4,6,11H,2-3,5H2,1H3. The highest BCUT2D eigenvalue weighted by Gasteiger charge is 2.21. The highest BCUT2D eigenvalue weighted by atomic mass is 35.5. The molecule has 1 saturated carbocycles. The number of rotatable bonds is 3. The van der Waals surface area contributed by atoms with Gasteiger partial charge in [-0.25, -0.2) is 4.79 Å². The quantitative estimate of drug-likeness (QED) is 0.769. The van der Waals surface area contributed by atoms with Crippen molar-refractivity contribution in [2.24, 2.45) is 13.0 Å². The Balaban J connectivity index is 2.17. The summed E-state index contributed by atoms with van der Waals surface area (Å²) in [5, 5.41) is 3.44. The Morgan fingerprint density at radius 1 is 1.71 bits per heavy atom. The Labute approximate surface area is 86.9 Å². The molecular formula is C9H12ClN3O. The molecule has 1 aliphatic rings. The van der Waals surface area contributed by atoms with Gasteiger partial charge in [0.2, 0.25) is 0 Å². The Hall–Kier alpha value is -1.03. The first kappa shape index (κ1) is 9.52.